The van der Waals surface area contributed by atoms with Crippen LogP contribution in [0.15, 0.2) is 18.2 Å². The minimum absolute atomic E-state index is 0.0236. The largest absolute Gasteiger partial charge is 0.393 e. The van der Waals surface area contributed by atoms with Gasteiger partial charge < -0.3 is 15.1 Å². The lowest BCUT2D eigenvalue weighted by Gasteiger charge is -2.34. The molecule has 1 amide bonds. The summed E-state index contributed by atoms with van der Waals surface area (Å²) < 4.78 is 0. The molecule has 0 spiro atoms. The zero-order valence-corrected chi connectivity index (χ0v) is 12.5. The lowest BCUT2D eigenvalue weighted by molar-refractivity contribution is 0.0297. The van der Waals surface area contributed by atoms with Crippen molar-refractivity contribution < 1.29 is 15.0 Å². The van der Waals surface area contributed by atoms with E-state index in [2.05, 4.69) is 11.8 Å². The number of aryl methyl sites for hydroxylation is 1. The van der Waals surface area contributed by atoms with Gasteiger partial charge in [0.25, 0.3) is 5.91 Å². The first-order chi connectivity index (χ1) is 10.0. The highest BCUT2D eigenvalue weighted by atomic mass is 16.3. The number of hydrogen-bond acceptors (Lipinski definition) is 3. The van der Waals surface area contributed by atoms with Crippen LogP contribution >= 0.6 is 0 Å². The topological polar surface area (TPSA) is 60.8 Å². The molecule has 0 aliphatic carbocycles. The van der Waals surface area contributed by atoms with Gasteiger partial charge in [-0.2, -0.15) is 0 Å². The highest BCUT2D eigenvalue weighted by molar-refractivity contribution is 5.95. The van der Waals surface area contributed by atoms with Gasteiger partial charge in [0.1, 0.15) is 6.61 Å². The first-order valence-electron chi connectivity index (χ1n) is 7.20. The molecule has 1 heterocycles. The van der Waals surface area contributed by atoms with E-state index in [1.807, 2.05) is 26.0 Å². The number of hydrogen-bond donors (Lipinski definition) is 2. The predicted octanol–water partition coefficient (Wildman–Crippen LogP) is 1.18. The molecule has 2 unspecified atom stereocenters. The normalized spacial score (nSPS) is 21.6. The Hall–Kier alpha value is -1.83. The standard InChI is InChI=1S/C17H21NO3/c1-12-8-14(4-3-7-19)10-15(9-12)17(21)18-6-5-16(20)13(2)11-18/h8-10,13,16,19-20H,5-7,11H2,1-2H3. The molecule has 112 valence electrons. The summed E-state index contributed by atoms with van der Waals surface area (Å²) in [4.78, 5) is 14.4. The lowest BCUT2D eigenvalue weighted by atomic mass is 9.96. The van der Waals surface area contributed by atoms with Gasteiger partial charge in [0.05, 0.1) is 6.10 Å². The van der Waals surface area contributed by atoms with Crippen LogP contribution in [0.5, 0.6) is 0 Å². The van der Waals surface area contributed by atoms with Crippen LogP contribution in [0.4, 0.5) is 0 Å². The molecule has 1 fully saturated rings. The molecular weight excluding hydrogens is 266 g/mol. The average molecular weight is 287 g/mol. The highest BCUT2D eigenvalue weighted by Gasteiger charge is 2.27. The summed E-state index contributed by atoms with van der Waals surface area (Å²) in [6.45, 7) is 4.84. The molecule has 1 aliphatic heterocycles. The summed E-state index contributed by atoms with van der Waals surface area (Å²) in [5, 5.41) is 18.5. The number of aliphatic hydroxyl groups is 2. The minimum Gasteiger partial charge on any atom is -0.393 e. The fourth-order valence-electron chi connectivity index (χ4n) is 2.62. The SMILES string of the molecule is Cc1cc(C#CCO)cc(C(=O)N2CCC(O)C(C)C2)c1. The van der Waals surface area contributed by atoms with E-state index in [9.17, 15) is 9.90 Å². The van der Waals surface area contributed by atoms with Gasteiger partial charge in [0.15, 0.2) is 0 Å². The maximum atomic E-state index is 12.6. The van der Waals surface area contributed by atoms with Crippen LogP contribution in [0.1, 0.15) is 34.8 Å². The summed E-state index contributed by atoms with van der Waals surface area (Å²) in [6.07, 6.45) is 0.299. The number of benzene rings is 1. The molecule has 1 aliphatic rings. The van der Waals surface area contributed by atoms with Gasteiger partial charge in [-0.15, -0.1) is 0 Å². The Balaban J connectivity index is 2.21. The van der Waals surface area contributed by atoms with E-state index in [4.69, 9.17) is 5.11 Å². The Morgan fingerprint density at radius 1 is 1.43 bits per heavy atom. The van der Waals surface area contributed by atoms with Gasteiger partial charge >= 0.3 is 0 Å². The van der Waals surface area contributed by atoms with E-state index in [1.165, 1.54) is 0 Å². The third kappa shape index (κ3) is 3.84. The zero-order valence-electron chi connectivity index (χ0n) is 12.5. The van der Waals surface area contributed by atoms with E-state index < -0.39 is 0 Å². The van der Waals surface area contributed by atoms with E-state index >= 15 is 0 Å². The Morgan fingerprint density at radius 2 is 2.19 bits per heavy atom. The molecule has 0 saturated carbocycles. The van der Waals surface area contributed by atoms with Crippen LogP contribution in [0, 0.1) is 24.7 Å². The number of nitrogens with zero attached hydrogens (tertiary/aromatic N) is 1. The summed E-state index contributed by atoms with van der Waals surface area (Å²) in [7, 11) is 0. The lowest BCUT2D eigenvalue weighted by Crippen LogP contribution is -2.45. The van der Waals surface area contributed by atoms with Crippen LogP contribution in [-0.2, 0) is 0 Å². The van der Waals surface area contributed by atoms with Crippen LogP contribution < -0.4 is 0 Å². The van der Waals surface area contributed by atoms with Crippen molar-refractivity contribution in [1.29, 1.82) is 0 Å². The number of amides is 1. The van der Waals surface area contributed by atoms with Crippen molar-refractivity contribution in [3.63, 3.8) is 0 Å². The molecule has 2 atom stereocenters. The van der Waals surface area contributed by atoms with Crippen LogP contribution in [0.2, 0.25) is 0 Å². The second-order valence-corrected chi connectivity index (χ2v) is 5.63. The molecule has 21 heavy (non-hydrogen) atoms. The van der Waals surface area contributed by atoms with Crippen LogP contribution in [0.3, 0.4) is 0 Å². The number of rotatable bonds is 1. The van der Waals surface area contributed by atoms with Crippen molar-refractivity contribution in [2.75, 3.05) is 19.7 Å². The third-order valence-corrected chi connectivity index (χ3v) is 3.78. The Labute approximate surface area is 125 Å². The van der Waals surface area contributed by atoms with Gasteiger partial charge in [0.2, 0.25) is 0 Å². The highest BCUT2D eigenvalue weighted by Crippen LogP contribution is 2.19. The molecule has 0 aromatic heterocycles. The van der Waals surface area contributed by atoms with Crippen molar-refractivity contribution >= 4 is 5.91 Å². The smallest absolute Gasteiger partial charge is 0.253 e. The minimum atomic E-state index is -0.322. The first kappa shape index (κ1) is 15.6. The average Bonchev–Trinajstić information content (AvgIpc) is 2.46. The molecule has 1 saturated heterocycles. The molecule has 4 nitrogen and oxygen atoms in total. The molecule has 0 radical (unpaired) electrons. The van der Waals surface area contributed by atoms with Crippen LogP contribution in [0.25, 0.3) is 0 Å². The quantitative estimate of drug-likeness (QED) is 0.763. The number of carbonyl (C=O) groups is 1. The summed E-state index contributed by atoms with van der Waals surface area (Å²) in [5.41, 5.74) is 2.31. The summed E-state index contributed by atoms with van der Waals surface area (Å²) in [5.74, 6) is 5.51. The van der Waals surface area contributed by atoms with Crippen molar-refractivity contribution in [2.24, 2.45) is 5.92 Å². The maximum Gasteiger partial charge on any atom is 0.253 e. The van der Waals surface area contributed by atoms with Gasteiger partial charge in [-0.1, -0.05) is 18.8 Å². The van der Waals surface area contributed by atoms with Crippen LogP contribution in [-0.4, -0.2) is 46.8 Å². The number of likely N-dealkylation sites (tertiary alicyclic amines) is 1. The number of aliphatic hydroxyl groups excluding tert-OH is 2. The second-order valence-electron chi connectivity index (χ2n) is 5.63. The molecule has 0 bridgehead atoms. The number of carbonyl (C=O) groups excluding carboxylic acids is 1. The van der Waals surface area contributed by atoms with Gasteiger partial charge in [-0.05, 0) is 43.0 Å². The van der Waals surface area contributed by atoms with E-state index in [0.29, 0.717) is 25.1 Å². The van der Waals surface area contributed by atoms with E-state index in [0.717, 1.165) is 11.1 Å². The van der Waals surface area contributed by atoms with Gasteiger partial charge in [-0.25, -0.2) is 0 Å². The monoisotopic (exact) mass is 287 g/mol. The molecular formula is C17H21NO3. The number of piperidine rings is 1. The van der Waals surface area contributed by atoms with Crippen molar-refractivity contribution in [2.45, 2.75) is 26.4 Å². The Bertz CT molecular complexity index is 585. The Kier molecular flexibility index (Phi) is 5.00. The summed E-state index contributed by atoms with van der Waals surface area (Å²) >= 11 is 0. The third-order valence-electron chi connectivity index (χ3n) is 3.78. The van der Waals surface area contributed by atoms with E-state index in [1.54, 1.807) is 11.0 Å². The second kappa shape index (κ2) is 6.75. The van der Waals surface area contributed by atoms with E-state index in [-0.39, 0.29) is 24.5 Å². The fraction of sp³-hybridized carbons (Fsp3) is 0.471. The maximum absolute atomic E-state index is 12.6. The first-order valence-corrected chi connectivity index (χ1v) is 7.20. The molecule has 4 heteroatoms. The molecule has 1 aromatic rings. The Morgan fingerprint density at radius 3 is 2.86 bits per heavy atom. The molecule has 1 aromatic carbocycles. The zero-order chi connectivity index (χ0) is 15.4. The van der Waals surface area contributed by atoms with Gasteiger partial charge in [-0.3, -0.25) is 4.79 Å². The van der Waals surface area contributed by atoms with Crippen molar-refractivity contribution in [3.05, 3.63) is 34.9 Å². The molecule has 2 rings (SSSR count). The predicted molar refractivity (Wildman–Crippen MR) is 80.8 cm³/mol. The van der Waals surface area contributed by atoms with Gasteiger partial charge in [0, 0.05) is 24.2 Å². The summed E-state index contributed by atoms with van der Waals surface area (Å²) in [6, 6.07) is 5.50. The van der Waals surface area contributed by atoms with Crippen molar-refractivity contribution in [1.82, 2.24) is 4.90 Å². The fourth-order valence-corrected chi connectivity index (χ4v) is 2.62. The molecule has 2 N–H and O–H groups in total. The van der Waals surface area contributed by atoms with Crippen molar-refractivity contribution in [3.8, 4) is 11.8 Å².